The normalized spacial score (nSPS) is 37.6. The highest BCUT2D eigenvalue weighted by atomic mass is 16.4. The van der Waals surface area contributed by atoms with Crippen LogP contribution >= 0.6 is 0 Å². The average molecular weight is 321 g/mol. The van der Waals surface area contributed by atoms with Crippen molar-refractivity contribution in [1.29, 1.82) is 0 Å². The molecule has 3 rings (SSSR count). The molecular weight excluding hydrogens is 284 g/mol. The van der Waals surface area contributed by atoms with E-state index < -0.39 is 5.97 Å². The molecule has 0 amide bonds. The molecule has 0 saturated heterocycles. The smallest absolute Gasteiger partial charge is 0.303 e. The summed E-state index contributed by atoms with van der Waals surface area (Å²) in [5, 5.41) is 8.60. The number of carboxylic acids is 1. The molecule has 3 aliphatic rings. The van der Waals surface area contributed by atoms with E-state index in [1.54, 1.807) is 19.3 Å². The zero-order valence-electron chi connectivity index (χ0n) is 15.0. The van der Waals surface area contributed by atoms with Crippen molar-refractivity contribution in [2.75, 3.05) is 0 Å². The lowest BCUT2D eigenvalue weighted by Gasteiger charge is -2.02. The van der Waals surface area contributed by atoms with Gasteiger partial charge in [0.1, 0.15) is 0 Å². The molecule has 3 aliphatic carbocycles. The first-order valence-corrected chi connectivity index (χ1v) is 10.4. The van der Waals surface area contributed by atoms with Gasteiger partial charge < -0.3 is 5.11 Å². The van der Waals surface area contributed by atoms with Gasteiger partial charge in [0.05, 0.1) is 0 Å². The Labute approximate surface area is 142 Å². The van der Waals surface area contributed by atoms with E-state index in [4.69, 9.17) is 5.11 Å². The van der Waals surface area contributed by atoms with Gasteiger partial charge in [0, 0.05) is 6.42 Å². The summed E-state index contributed by atoms with van der Waals surface area (Å²) in [6.07, 6.45) is 16.8. The fourth-order valence-corrected chi connectivity index (χ4v) is 4.93. The van der Waals surface area contributed by atoms with Crippen molar-refractivity contribution in [3.05, 3.63) is 0 Å². The molecule has 0 aliphatic heterocycles. The Hall–Kier alpha value is -0.530. The van der Waals surface area contributed by atoms with Crippen LogP contribution in [0.1, 0.15) is 90.4 Å². The number of hydrogen-bond donors (Lipinski definition) is 1. The number of aliphatic carboxylic acids is 1. The highest BCUT2D eigenvalue weighted by molar-refractivity contribution is 5.66. The number of hydrogen-bond acceptors (Lipinski definition) is 1. The maximum atomic E-state index is 10.4. The third kappa shape index (κ3) is 5.80. The van der Waals surface area contributed by atoms with Crippen molar-refractivity contribution in [3.8, 4) is 0 Å². The Balaban J connectivity index is 1.13. The van der Waals surface area contributed by atoms with Crippen LogP contribution in [0.5, 0.6) is 0 Å². The van der Waals surface area contributed by atoms with Crippen molar-refractivity contribution in [2.45, 2.75) is 90.4 Å². The van der Waals surface area contributed by atoms with Crippen LogP contribution in [0, 0.1) is 35.5 Å². The molecule has 132 valence electrons. The Kier molecular flexibility index (Phi) is 6.04. The van der Waals surface area contributed by atoms with Crippen LogP contribution in [0.15, 0.2) is 0 Å². The van der Waals surface area contributed by atoms with E-state index in [-0.39, 0.29) is 0 Å². The lowest BCUT2D eigenvalue weighted by Crippen LogP contribution is -1.93. The van der Waals surface area contributed by atoms with E-state index in [0.29, 0.717) is 6.42 Å². The molecular formula is C21H36O2. The third-order valence-electron chi connectivity index (χ3n) is 6.91. The molecule has 2 nitrogen and oxygen atoms in total. The molecule has 2 unspecified atom stereocenters. The summed E-state index contributed by atoms with van der Waals surface area (Å²) in [5.74, 6) is 5.94. The number of carbonyl (C=O) groups is 1. The van der Waals surface area contributed by atoms with Crippen LogP contribution < -0.4 is 0 Å². The van der Waals surface area contributed by atoms with Crippen molar-refractivity contribution in [3.63, 3.8) is 0 Å². The predicted octanol–water partition coefficient (Wildman–Crippen LogP) is 5.90. The lowest BCUT2D eigenvalue weighted by atomic mass is 10.0. The predicted molar refractivity (Wildman–Crippen MR) is 94.3 cm³/mol. The summed E-state index contributed by atoms with van der Waals surface area (Å²) in [6, 6.07) is 0. The molecule has 6 atom stereocenters. The molecule has 0 aromatic carbocycles. The number of unbranched alkanes of at least 4 members (excludes halogenated alkanes) is 4. The van der Waals surface area contributed by atoms with Crippen molar-refractivity contribution in [1.82, 2.24) is 0 Å². The number of carboxylic acid groups (broad SMARTS) is 1. The first-order valence-electron chi connectivity index (χ1n) is 10.4. The van der Waals surface area contributed by atoms with Crippen LogP contribution in [-0.4, -0.2) is 11.1 Å². The van der Waals surface area contributed by atoms with E-state index in [9.17, 15) is 4.79 Å². The van der Waals surface area contributed by atoms with Gasteiger partial charge in [0.25, 0.3) is 0 Å². The topological polar surface area (TPSA) is 37.3 Å². The number of rotatable bonds is 13. The molecule has 3 saturated carbocycles. The van der Waals surface area contributed by atoms with Crippen LogP contribution in [-0.2, 0) is 4.79 Å². The summed E-state index contributed by atoms with van der Waals surface area (Å²) in [7, 11) is 0. The molecule has 0 aromatic heterocycles. The second kappa shape index (κ2) is 8.03. The Bertz CT molecular complexity index is 391. The van der Waals surface area contributed by atoms with Crippen LogP contribution in [0.3, 0.4) is 0 Å². The summed E-state index contributed by atoms with van der Waals surface area (Å²) in [6.45, 7) is 2.36. The molecule has 0 spiro atoms. The van der Waals surface area contributed by atoms with Gasteiger partial charge in [0.15, 0.2) is 0 Å². The molecule has 23 heavy (non-hydrogen) atoms. The van der Waals surface area contributed by atoms with E-state index in [2.05, 4.69) is 6.92 Å². The maximum Gasteiger partial charge on any atom is 0.303 e. The van der Waals surface area contributed by atoms with E-state index in [1.165, 1.54) is 44.9 Å². The Morgan fingerprint density at radius 1 is 0.783 bits per heavy atom. The van der Waals surface area contributed by atoms with Gasteiger partial charge in [-0.05, 0) is 74.0 Å². The van der Waals surface area contributed by atoms with Crippen LogP contribution in [0.25, 0.3) is 0 Å². The van der Waals surface area contributed by atoms with Gasteiger partial charge in [-0.2, -0.15) is 0 Å². The van der Waals surface area contributed by atoms with E-state index in [1.807, 2.05) is 0 Å². The molecule has 0 radical (unpaired) electrons. The SMILES string of the molecule is CC[C@@H]1C[C@@H]1CC1C[C@@H]1CC1C[C@H]1CCCCCCCC(=O)O. The second-order valence-corrected chi connectivity index (χ2v) is 8.85. The minimum atomic E-state index is -0.642. The van der Waals surface area contributed by atoms with Gasteiger partial charge in [0.2, 0.25) is 0 Å². The fraction of sp³-hybridized carbons (Fsp3) is 0.952. The largest absolute Gasteiger partial charge is 0.481 e. The highest BCUT2D eigenvalue weighted by Gasteiger charge is 2.48. The van der Waals surface area contributed by atoms with Crippen LogP contribution in [0.4, 0.5) is 0 Å². The molecule has 0 heterocycles. The van der Waals surface area contributed by atoms with E-state index >= 15 is 0 Å². The third-order valence-corrected chi connectivity index (χ3v) is 6.91. The van der Waals surface area contributed by atoms with Gasteiger partial charge in [-0.3, -0.25) is 4.79 Å². The standard InChI is InChI=1S/C21H36O2/c1-2-15-10-17(15)12-19-14-20(19)13-18-11-16(18)8-6-4-3-5-7-9-21(22)23/h15-20H,2-14H2,1H3,(H,22,23)/t15-,16-,17-,18?,19?,20+/m1/s1. The Morgan fingerprint density at radius 3 is 1.96 bits per heavy atom. The quantitative estimate of drug-likeness (QED) is 0.429. The monoisotopic (exact) mass is 320 g/mol. The molecule has 1 N–H and O–H groups in total. The first-order chi connectivity index (χ1) is 11.2. The fourth-order valence-electron chi connectivity index (χ4n) is 4.93. The molecule has 3 fully saturated rings. The zero-order chi connectivity index (χ0) is 16.2. The van der Waals surface area contributed by atoms with Gasteiger partial charge in [-0.1, -0.05) is 45.4 Å². The molecule has 0 bridgehead atoms. The maximum absolute atomic E-state index is 10.4. The zero-order valence-corrected chi connectivity index (χ0v) is 15.0. The summed E-state index contributed by atoms with van der Waals surface area (Å²) < 4.78 is 0. The van der Waals surface area contributed by atoms with E-state index in [0.717, 1.165) is 48.3 Å². The Morgan fingerprint density at radius 2 is 1.30 bits per heavy atom. The summed E-state index contributed by atoms with van der Waals surface area (Å²) in [4.78, 5) is 10.4. The second-order valence-electron chi connectivity index (χ2n) is 8.85. The summed E-state index contributed by atoms with van der Waals surface area (Å²) >= 11 is 0. The minimum Gasteiger partial charge on any atom is -0.481 e. The highest BCUT2D eigenvalue weighted by Crippen LogP contribution is 2.58. The summed E-state index contributed by atoms with van der Waals surface area (Å²) in [5.41, 5.74) is 0. The minimum absolute atomic E-state index is 0.354. The van der Waals surface area contributed by atoms with Crippen molar-refractivity contribution < 1.29 is 9.90 Å². The van der Waals surface area contributed by atoms with Crippen molar-refractivity contribution in [2.24, 2.45) is 35.5 Å². The molecule has 2 heteroatoms. The molecule has 0 aromatic rings. The van der Waals surface area contributed by atoms with Crippen LogP contribution in [0.2, 0.25) is 0 Å². The van der Waals surface area contributed by atoms with Crippen molar-refractivity contribution >= 4 is 5.97 Å². The van der Waals surface area contributed by atoms with Gasteiger partial charge in [-0.15, -0.1) is 0 Å². The lowest BCUT2D eigenvalue weighted by molar-refractivity contribution is -0.137. The van der Waals surface area contributed by atoms with Gasteiger partial charge in [-0.25, -0.2) is 0 Å². The average Bonchev–Trinajstić information content (AvgIpc) is 3.40. The first kappa shape index (κ1) is 17.3. The van der Waals surface area contributed by atoms with Gasteiger partial charge >= 0.3 is 5.97 Å².